The summed E-state index contributed by atoms with van der Waals surface area (Å²) in [6.07, 6.45) is 3.24. The summed E-state index contributed by atoms with van der Waals surface area (Å²) in [4.78, 5) is 12.0. The lowest BCUT2D eigenvalue weighted by atomic mass is 9.94. The second kappa shape index (κ2) is 11.7. The van der Waals surface area contributed by atoms with Gasteiger partial charge in [-0.15, -0.1) is 0 Å². The maximum atomic E-state index is 12.0. The third-order valence-corrected chi connectivity index (χ3v) is 6.35. The molecule has 0 fully saturated rings. The number of fused-ring (bicyclic) bond motifs is 1. The SMILES string of the molecule is COC(=O)c1ccc(CCc2cc(OC)c(OC)cc2CCc2ccc3c(c2)OCCO3)cc1OC. The molecule has 36 heavy (non-hydrogen) atoms. The van der Waals surface area contributed by atoms with Crippen molar-refractivity contribution in [3.8, 4) is 28.7 Å². The number of methoxy groups -OCH3 is 4. The molecule has 1 heterocycles. The highest BCUT2D eigenvalue weighted by atomic mass is 16.6. The first-order valence-corrected chi connectivity index (χ1v) is 11.9. The van der Waals surface area contributed by atoms with E-state index >= 15 is 0 Å². The number of benzene rings is 3. The number of esters is 1. The van der Waals surface area contributed by atoms with E-state index in [0.717, 1.165) is 42.7 Å². The molecule has 0 atom stereocenters. The van der Waals surface area contributed by atoms with Gasteiger partial charge < -0.3 is 28.4 Å². The van der Waals surface area contributed by atoms with Gasteiger partial charge in [0.1, 0.15) is 24.5 Å². The van der Waals surface area contributed by atoms with Gasteiger partial charge in [-0.2, -0.15) is 0 Å². The maximum Gasteiger partial charge on any atom is 0.341 e. The minimum Gasteiger partial charge on any atom is -0.496 e. The van der Waals surface area contributed by atoms with Crippen molar-refractivity contribution in [2.75, 3.05) is 41.7 Å². The Bertz CT molecular complexity index is 1220. The smallest absolute Gasteiger partial charge is 0.341 e. The molecule has 0 radical (unpaired) electrons. The number of hydrogen-bond acceptors (Lipinski definition) is 7. The molecule has 0 aliphatic carbocycles. The monoisotopic (exact) mass is 492 g/mol. The Morgan fingerprint density at radius 1 is 0.667 bits per heavy atom. The van der Waals surface area contributed by atoms with Crippen LogP contribution in [0.3, 0.4) is 0 Å². The number of hydrogen-bond donors (Lipinski definition) is 0. The second-order valence-corrected chi connectivity index (χ2v) is 8.48. The molecular weight excluding hydrogens is 460 g/mol. The zero-order chi connectivity index (χ0) is 25.5. The zero-order valence-electron chi connectivity index (χ0n) is 21.2. The van der Waals surface area contributed by atoms with Crippen molar-refractivity contribution in [3.05, 3.63) is 76.3 Å². The molecule has 1 aliphatic rings. The van der Waals surface area contributed by atoms with Crippen molar-refractivity contribution in [1.82, 2.24) is 0 Å². The van der Waals surface area contributed by atoms with Crippen LogP contribution in [0.4, 0.5) is 0 Å². The highest BCUT2D eigenvalue weighted by Crippen LogP contribution is 2.34. The summed E-state index contributed by atoms with van der Waals surface area (Å²) in [6, 6.07) is 15.8. The van der Waals surface area contributed by atoms with E-state index in [1.54, 1.807) is 27.4 Å². The molecule has 0 N–H and O–H groups in total. The fourth-order valence-corrected chi connectivity index (χ4v) is 4.40. The first-order valence-electron chi connectivity index (χ1n) is 11.9. The van der Waals surface area contributed by atoms with Crippen molar-refractivity contribution in [1.29, 1.82) is 0 Å². The molecule has 3 aromatic rings. The van der Waals surface area contributed by atoms with Crippen LogP contribution in [0.5, 0.6) is 28.7 Å². The van der Waals surface area contributed by atoms with E-state index in [9.17, 15) is 4.79 Å². The third kappa shape index (κ3) is 5.67. The van der Waals surface area contributed by atoms with Crippen LogP contribution >= 0.6 is 0 Å². The number of carbonyl (C=O) groups excluding carboxylic acids is 1. The lowest BCUT2D eigenvalue weighted by molar-refractivity contribution is 0.0597. The van der Waals surface area contributed by atoms with E-state index < -0.39 is 5.97 Å². The van der Waals surface area contributed by atoms with E-state index in [4.69, 9.17) is 28.4 Å². The van der Waals surface area contributed by atoms with Gasteiger partial charge in [0.15, 0.2) is 23.0 Å². The van der Waals surface area contributed by atoms with Crippen molar-refractivity contribution in [2.24, 2.45) is 0 Å². The fraction of sp³-hybridized carbons (Fsp3) is 0.345. The van der Waals surface area contributed by atoms with Gasteiger partial charge in [-0.05, 0) is 84.3 Å². The summed E-state index contributed by atoms with van der Waals surface area (Å²) in [6.45, 7) is 1.15. The van der Waals surface area contributed by atoms with Gasteiger partial charge in [-0.1, -0.05) is 12.1 Å². The normalized spacial score (nSPS) is 12.1. The van der Waals surface area contributed by atoms with Gasteiger partial charge in [0, 0.05) is 0 Å². The standard InChI is InChI=1S/C29H32O7/c1-31-25-15-19(7-11-23(25)29(30)34-4)5-9-21-17-26(32-2)27(33-3)18-22(21)10-6-20-8-12-24-28(16-20)36-14-13-35-24/h7-8,11-12,15-18H,5-6,9-10,13-14H2,1-4H3. The molecule has 0 saturated carbocycles. The van der Waals surface area contributed by atoms with Crippen molar-refractivity contribution >= 4 is 5.97 Å². The molecule has 0 amide bonds. The molecule has 1 aliphatic heterocycles. The molecule has 0 aromatic heterocycles. The van der Waals surface area contributed by atoms with Crippen LogP contribution in [0.15, 0.2) is 48.5 Å². The number of rotatable bonds is 10. The molecule has 3 aromatic carbocycles. The van der Waals surface area contributed by atoms with Crippen LogP contribution in [0.2, 0.25) is 0 Å². The van der Waals surface area contributed by atoms with Gasteiger partial charge in [0.05, 0.1) is 28.4 Å². The first kappa shape index (κ1) is 25.2. The summed E-state index contributed by atoms with van der Waals surface area (Å²) >= 11 is 0. The largest absolute Gasteiger partial charge is 0.496 e. The number of ether oxygens (including phenoxy) is 6. The molecule has 0 unspecified atom stereocenters. The van der Waals surface area contributed by atoms with Crippen molar-refractivity contribution in [3.63, 3.8) is 0 Å². The molecule has 0 saturated heterocycles. The number of aryl methyl sites for hydroxylation is 4. The Morgan fingerprint density at radius 3 is 1.81 bits per heavy atom. The average molecular weight is 493 g/mol. The maximum absolute atomic E-state index is 12.0. The fourth-order valence-electron chi connectivity index (χ4n) is 4.40. The molecule has 7 nitrogen and oxygen atoms in total. The zero-order valence-corrected chi connectivity index (χ0v) is 21.2. The Hall–Kier alpha value is -3.87. The van der Waals surface area contributed by atoms with E-state index in [1.807, 2.05) is 18.2 Å². The van der Waals surface area contributed by atoms with Crippen molar-refractivity contribution < 1.29 is 33.2 Å². The number of carbonyl (C=O) groups is 1. The van der Waals surface area contributed by atoms with Crippen LogP contribution in [-0.4, -0.2) is 47.6 Å². The molecule has 190 valence electrons. The summed E-state index contributed by atoms with van der Waals surface area (Å²) < 4.78 is 32.8. The minimum absolute atomic E-state index is 0.412. The van der Waals surface area contributed by atoms with Crippen LogP contribution in [0.1, 0.15) is 32.6 Å². The lowest BCUT2D eigenvalue weighted by Gasteiger charge is -2.19. The predicted octanol–water partition coefficient (Wildman–Crippen LogP) is 4.84. The average Bonchev–Trinajstić information content (AvgIpc) is 2.93. The van der Waals surface area contributed by atoms with Gasteiger partial charge in [0.2, 0.25) is 0 Å². The summed E-state index contributed by atoms with van der Waals surface area (Å²) in [5.41, 5.74) is 5.03. The topological polar surface area (TPSA) is 72.5 Å². The predicted molar refractivity (Wildman–Crippen MR) is 136 cm³/mol. The van der Waals surface area contributed by atoms with E-state index in [-0.39, 0.29) is 0 Å². The van der Waals surface area contributed by atoms with Gasteiger partial charge >= 0.3 is 5.97 Å². The van der Waals surface area contributed by atoms with Crippen LogP contribution in [0.25, 0.3) is 0 Å². The van der Waals surface area contributed by atoms with Crippen LogP contribution in [-0.2, 0) is 30.4 Å². The van der Waals surface area contributed by atoms with Gasteiger partial charge in [-0.3, -0.25) is 0 Å². The van der Waals surface area contributed by atoms with Crippen LogP contribution < -0.4 is 23.7 Å². The molecular formula is C29H32O7. The molecule has 4 rings (SSSR count). The first-order chi connectivity index (χ1) is 17.6. The molecule has 7 heteroatoms. The van der Waals surface area contributed by atoms with E-state index in [2.05, 4.69) is 24.3 Å². The lowest BCUT2D eigenvalue weighted by Crippen LogP contribution is -2.15. The van der Waals surface area contributed by atoms with Crippen LogP contribution in [0, 0.1) is 0 Å². The highest BCUT2D eigenvalue weighted by molar-refractivity contribution is 5.92. The Kier molecular flexibility index (Phi) is 8.21. The second-order valence-electron chi connectivity index (χ2n) is 8.48. The summed E-state index contributed by atoms with van der Waals surface area (Å²) in [7, 11) is 6.21. The Balaban J connectivity index is 1.54. The van der Waals surface area contributed by atoms with Gasteiger partial charge in [-0.25, -0.2) is 4.79 Å². The summed E-state index contributed by atoms with van der Waals surface area (Å²) in [5, 5.41) is 0. The Morgan fingerprint density at radius 2 is 1.22 bits per heavy atom. The van der Waals surface area contributed by atoms with Gasteiger partial charge in [0.25, 0.3) is 0 Å². The van der Waals surface area contributed by atoms with E-state index in [0.29, 0.717) is 36.0 Å². The minimum atomic E-state index is -0.417. The summed E-state index contributed by atoms with van der Waals surface area (Å²) in [5.74, 6) is 3.10. The third-order valence-electron chi connectivity index (χ3n) is 6.35. The molecule has 0 spiro atoms. The van der Waals surface area contributed by atoms with E-state index in [1.165, 1.54) is 23.8 Å². The highest BCUT2D eigenvalue weighted by Gasteiger charge is 2.16. The Labute approximate surface area is 211 Å². The molecule has 0 bridgehead atoms. The van der Waals surface area contributed by atoms with Crippen molar-refractivity contribution in [2.45, 2.75) is 25.7 Å². The quantitative estimate of drug-likeness (QED) is 0.375.